The highest BCUT2D eigenvalue weighted by Gasteiger charge is 2.29. The molecule has 3 aliphatic heterocycles. The van der Waals surface area contributed by atoms with E-state index in [2.05, 4.69) is 94.9 Å². The number of nitrogens with zero attached hydrogens (tertiary/aromatic N) is 8. The fourth-order valence-corrected chi connectivity index (χ4v) is 11.0. The number of rotatable bonds is 15. The summed E-state index contributed by atoms with van der Waals surface area (Å²) >= 11 is 0. The van der Waals surface area contributed by atoms with Crippen LogP contribution in [0.1, 0.15) is 92.4 Å². The zero-order valence-corrected chi connectivity index (χ0v) is 43.3. The quantitative estimate of drug-likeness (QED) is 0.0540. The summed E-state index contributed by atoms with van der Waals surface area (Å²) in [5.41, 5.74) is 7.82. The Morgan fingerprint density at radius 1 is 0.827 bits per heavy atom. The first-order valence-electron chi connectivity index (χ1n) is 26.3. The van der Waals surface area contributed by atoms with Crippen LogP contribution >= 0.6 is 0 Å². The number of hydrogen-bond acceptors (Lipinski definition) is 13. The van der Waals surface area contributed by atoms with Gasteiger partial charge >= 0.3 is 5.69 Å². The maximum Gasteiger partial charge on any atom is 0.348 e. The summed E-state index contributed by atoms with van der Waals surface area (Å²) in [5, 5.41) is 47.2. The lowest BCUT2D eigenvalue weighted by molar-refractivity contribution is -0.121. The van der Waals surface area contributed by atoms with E-state index in [-0.39, 0.29) is 47.4 Å². The average Bonchev–Trinajstić information content (AvgIpc) is 3.80. The Morgan fingerprint density at radius 3 is 2.32 bits per heavy atom. The number of H-pyrrole nitrogens is 1. The molecule has 75 heavy (non-hydrogen) atoms. The van der Waals surface area contributed by atoms with Crippen molar-refractivity contribution in [2.45, 2.75) is 84.8 Å². The van der Waals surface area contributed by atoms with Gasteiger partial charge in [0.25, 0.3) is 0 Å². The number of aromatic nitrogens is 5. The molecule has 388 valence electrons. The number of amides is 1. The van der Waals surface area contributed by atoms with E-state index in [0.717, 1.165) is 117 Å². The van der Waals surface area contributed by atoms with Crippen LogP contribution in [-0.4, -0.2) is 108 Å². The number of carbonyl (C=O) groups excluding carboxylic acids is 1. The van der Waals surface area contributed by atoms with E-state index >= 15 is 0 Å². The van der Waals surface area contributed by atoms with Crippen molar-refractivity contribution in [3.63, 3.8) is 0 Å². The molecule has 2 saturated heterocycles. The molecule has 1 amide bonds. The summed E-state index contributed by atoms with van der Waals surface area (Å²) in [4.78, 5) is 45.7. The van der Waals surface area contributed by atoms with E-state index in [4.69, 9.17) is 9.97 Å². The zero-order chi connectivity index (χ0) is 52.2. The first-order chi connectivity index (χ1) is 36.4. The molecule has 16 heteroatoms. The second kappa shape index (κ2) is 22.2. The first kappa shape index (κ1) is 50.5. The molecule has 0 spiro atoms. The number of aromatic amines is 1. The maximum atomic E-state index is 13.4. The standard InChI is InChI=1S/C59H67N11O5/c1-5-23-66-27-29-68(30-28-66)56-48-21-26-69(52-33-46(71)32-44-8-6-7-9-47(44)52)37-51(48)62-58(63-56)60-22-18-55(74)61-39(4)43-14-10-42(11-15-43)36-67-24-19-41(20-25-67)31-40-12-16-45(17-13-40)70-57(64-65-59(70)75)50-34-49(38(2)3)53(72)35-54(50)73/h6-17,32-35,38-39,41,71-73H,18-22,24-31,36-37H2,1-4H3,(H,61,74)(H,65,75)(H,60,62,63)/t39-/m1/s1. The number of likely N-dealkylation sites (tertiary alicyclic amines) is 1. The molecular formula is C59H67N11O5. The fraction of sp³-hybridized carbons (Fsp3) is 0.373. The van der Waals surface area contributed by atoms with Gasteiger partial charge in [0.15, 0.2) is 5.82 Å². The predicted molar refractivity (Wildman–Crippen MR) is 294 cm³/mol. The highest BCUT2D eigenvalue weighted by Crippen LogP contribution is 2.39. The number of aromatic hydroxyl groups is 3. The molecule has 0 bridgehead atoms. The molecule has 7 aromatic rings. The van der Waals surface area contributed by atoms with Gasteiger partial charge in [-0.3, -0.25) is 9.69 Å². The monoisotopic (exact) mass is 1010 g/mol. The molecule has 6 N–H and O–H groups in total. The summed E-state index contributed by atoms with van der Waals surface area (Å²) in [5.74, 6) is 5.34. The minimum absolute atomic E-state index is 0.00316. The predicted octanol–water partition coefficient (Wildman–Crippen LogP) is 8.21. The topological polar surface area (TPSA) is 191 Å². The van der Waals surface area contributed by atoms with Crippen LogP contribution in [0.3, 0.4) is 0 Å². The summed E-state index contributed by atoms with van der Waals surface area (Å²) < 4.78 is 1.45. The summed E-state index contributed by atoms with van der Waals surface area (Å²) in [6, 6.07) is 34.4. The van der Waals surface area contributed by atoms with Crippen molar-refractivity contribution in [3.05, 3.63) is 141 Å². The van der Waals surface area contributed by atoms with E-state index in [1.54, 1.807) is 12.1 Å². The number of benzene rings is 5. The minimum Gasteiger partial charge on any atom is -0.508 e. The van der Waals surface area contributed by atoms with Gasteiger partial charge in [-0.05, 0) is 116 Å². The number of piperidine rings is 1. The molecule has 5 heterocycles. The van der Waals surface area contributed by atoms with E-state index in [1.165, 1.54) is 21.8 Å². The first-order valence-corrected chi connectivity index (χ1v) is 26.3. The smallest absolute Gasteiger partial charge is 0.348 e. The minimum atomic E-state index is -0.411. The lowest BCUT2D eigenvalue weighted by Gasteiger charge is -2.37. The molecule has 2 aromatic heterocycles. The normalized spacial score (nSPS) is 15.7. The Kier molecular flexibility index (Phi) is 15.0. The number of carbonyl (C=O) groups is 1. The molecule has 1 atom stereocenters. The van der Waals surface area contributed by atoms with Crippen molar-refractivity contribution in [3.8, 4) is 46.3 Å². The molecule has 3 aliphatic rings. The zero-order valence-electron chi connectivity index (χ0n) is 43.3. The van der Waals surface area contributed by atoms with Crippen LogP contribution in [0.2, 0.25) is 0 Å². The molecule has 0 radical (unpaired) electrons. The number of fused-ring (bicyclic) bond motifs is 2. The lowest BCUT2D eigenvalue weighted by Crippen LogP contribution is -2.45. The lowest BCUT2D eigenvalue weighted by atomic mass is 9.90. The Balaban J connectivity index is 0.704. The van der Waals surface area contributed by atoms with Gasteiger partial charge in [-0.2, -0.15) is 10.1 Å². The SMILES string of the molecule is CC#CN1CCN(c2nc(NCCC(=O)N[C@H](C)c3ccc(CN4CCC(Cc5ccc(-n6c(-c7cc(C(C)C)c(O)cc7O)n[nH]c6=O)cc5)CC4)cc3)nc3c2CCN(c2cc(O)cc4ccccc24)C3)CC1. The van der Waals surface area contributed by atoms with Crippen LogP contribution in [-0.2, 0) is 30.7 Å². The van der Waals surface area contributed by atoms with Crippen molar-refractivity contribution in [2.24, 2.45) is 5.92 Å². The largest absolute Gasteiger partial charge is 0.508 e. The third kappa shape index (κ3) is 11.4. The van der Waals surface area contributed by atoms with Gasteiger partial charge in [-0.25, -0.2) is 19.4 Å². The van der Waals surface area contributed by atoms with Crippen molar-refractivity contribution in [1.82, 2.24) is 39.8 Å². The van der Waals surface area contributed by atoms with E-state index in [9.17, 15) is 24.9 Å². The highest BCUT2D eigenvalue weighted by atomic mass is 16.3. The van der Waals surface area contributed by atoms with Crippen LogP contribution in [0.25, 0.3) is 27.8 Å². The van der Waals surface area contributed by atoms with Crippen molar-refractivity contribution >= 4 is 34.1 Å². The number of piperazine rings is 1. The van der Waals surface area contributed by atoms with Crippen LogP contribution in [0, 0.1) is 17.9 Å². The molecule has 0 unspecified atom stereocenters. The Labute approximate surface area is 438 Å². The van der Waals surface area contributed by atoms with Crippen molar-refractivity contribution in [2.75, 3.05) is 67.5 Å². The second-order valence-corrected chi connectivity index (χ2v) is 20.6. The highest BCUT2D eigenvalue weighted by molar-refractivity contribution is 5.95. The Morgan fingerprint density at radius 2 is 1.57 bits per heavy atom. The van der Waals surface area contributed by atoms with Crippen LogP contribution in [0.15, 0.2) is 102 Å². The van der Waals surface area contributed by atoms with E-state index in [1.807, 2.05) is 64.1 Å². The van der Waals surface area contributed by atoms with E-state index < -0.39 is 5.69 Å². The van der Waals surface area contributed by atoms with Gasteiger partial charge in [0.2, 0.25) is 11.9 Å². The number of anilines is 3. The molecule has 0 aliphatic carbocycles. The fourth-order valence-electron chi connectivity index (χ4n) is 11.0. The van der Waals surface area contributed by atoms with Gasteiger partial charge < -0.3 is 40.7 Å². The number of hydrogen-bond donors (Lipinski definition) is 6. The summed E-state index contributed by atoms with van der Waals surface area (Å²) in [6.07, 6.45) is 4.15. The summed E-state index contributed by atoms with van der Waals surface area (Å²) in [6.45, 7) is 15.6. The molecule has 16 nitrogen and oxygen atoms in total. The van der Waals surface area contributed by atoms with Crippen molar-refractivity contribution in [1.29, 1.82) is 0 Å². The number of phenolic OH excluding ortho intramolecular Hbond substituents is 3. The molecule has 10 rings (SSSR count). The summed E-state index contributed by atoms with van der Waals surface area (Å²) in [7, 11) is 0. The Hall–Kier alpha value is -8.03. The van der Waals surface area contributed by atoms with Gasteiger partial charge in [0.05, 0.1) is 29.5 Å². The van der Waals surface area contributed by atoms with Crippen LogP contribution in [0.5, 0.6) is 17.2 Å². The molecule has 2 fully saturated rings. The number of nitrogens with one attached hydrogen (secondary N) is 3. The Bertz CT molecular complexity index is 3290. The van der Waals surface area contributed by atoms with Crippen LogP contribution in [0.4, 0.5) is 17.5 Å². The van der Waals surface area contributed by atoms with E-state index in [0.29, 0.717) is 41.8 Å². The van der Waals surface area contributed by atoms with Gasteiger partial charge in [0, 0.05) is 87.0 Å². The second-order valence-electron chi connectivity index (χ2n) is 20.6. The third-order valence-corrected chi connectivity index (χ3v) is 15.1. The van der Waals surface area contributed by atoms with Gasteiger partial charge in [-0.15, -0.1) is 0 Å². The average molecular weight is 1010 g/mol. The number of phenols is 3. The van der Waals surface area contributed by atoms with Crippen molar-refractivity contribution < 1.29 is 20.1 Å². The van der Waals surface area contributed by atoms with Crippen LogP contribution < -0.4 is 26.1 Å². The van der Waals surface area contributed by atoms with Gasteiger partial charge in [-0.1, -0.05) is 80.4 Å². The maximum absolute atomic E-state index is 13.4. The third-order valence-electron chi connectivity index (χ3n) is 15.1. The molecular weight excluding hydrogens is 943 g/mol. The molecule has 0 saturated carbocycles. The van der Waals surface area contributed by atoms with Gasteiger partial charge in [0.1, 0.15) is 23.1 Å². The molecule has 5 aromatic carbocycles.